The molecule has 0 bridgehead atoms. The van der Waals surface area contributed by atoms with Crippen molar-refractivity contribution >= 4 is 15.8 Å². The molecule has 0 aromatic heterocycles. The number of para-hydroxylation sites is 1. The summed E-state index contributed by atoms with van der Waals surface area (Å²) in [5.41, 5.74) is -1.15. The SMILES string of the molecule is O=C(O)C1(CS(=O)(=O)c2ccccc2O)CC1. The first-order chi connectivity index (χ1) is 7.87. The maximum atomic E-state index is 12.0. The zero-order valence-corrected chi connectivity index (χ0v) is 9.77. The molecule has 1 saturated carbocycles. The molecular formula is C11H12O5S. The van der Waals surface area contributed by atoms with E-state index in [1.807, 2.05) is 0 Å². The summed E-state index contributed by atoms with van der Waals surface area (Å²) in [5.74, 6) is -1.88. The van der Waals surface area contributed by atoms with E-state index < -0.39 is 27.0 Å². The van der Waals surface area contributed by atoms with Gasteiger partial charge in [-0.2, -0.15) is 0 Å². The number of carboxylic acids is 1. The molecule has 2 rings (SSSR count). The Hall–Kier alpha value is -1.56. The van der Waals surface area contributed by atoms with E-state index in [0.29, 0.717) is 12.8 Å². The van der Waals surface area contributed by atoms with Gasteiger partial charge in [-0.1, -0.05) is 12.1 Å². The molecule has 17 heavy (non-hydrogen) atoms. The van der Waals surface area contributed by atoms with Crippen LogP contribution >= 0.6 is 0 Å². The van der Waals surface area contributed by atoms with Gasteiger partial charge >= 0.3 is 5.97 Å². The van der Waals surface area contributed by atoms with Crippen LogP contribution in [-0.4, -0.2) is 30.4 Å². The maximum absolute atomic E-state index is 12.0. The zero-order valence-electron chi connectivity index (χ0n) is 8.96. The number of sulfone groups is 1. The first-order valence-electron chi connectivity index (χ1n) is 5.12. The lowest BCUT2D eigenvalue weighted by molar-refractivity contribution is -0.142. The molecule has 0 heterocycles. The third-order valence-corrected chi connectivity index (χ3v) is 4.92. The number of benzene rings is 1. The van der Waals surface area contributed by atoms with Gasteiger partial charge in [0.05, 0.1) is 11.2 Å². The number of phenolic OH excluding ortho intramolecular Hbond substituents is 1. The fourth-order valence-corrected chi connectivity index (χ4v) is 3.70. The van der Waals surface area contributed by atoms with Crippen LogP contribution in [0, 0.1) is 5.41 Å². The molecule has 0 spiro atoms. The highest BCUT2D eigenvalue weighted by atomic mass is 32.2. The maximum Gasteiger partial charge on any atom is 0.310 e. The van der Waals surface area contributed by atoms with Gasteiger partial charge in [0.25, 0.3) is 0 Å². The average Bonchev–Trinajstić information content (AvgIpc) is 2.98. The summed E-state index contributed by atoms with van der Waals surface area (Å²) in [6.07, 6.45) is 0.740. The van der Waals surface area contributed by atoms with Crippen LogP contribution in [0.25, 0.3) is 0 Å². The van der Waals surface area contributed by atoms with Crippen LogP contribution < -0.4 is 0 Å². The molecule has 0 aliphatic heterocycles. The molecule has 1 aromatic rings. The summed E-state index contributed by atoms with van der Waals surface area (Å²) in [5, 5.41) is 18.4. The molecule has 6 heteroatoms. The fraction of sp³-hybridized carbons (Fsp3) is 0.364. The number of hydrogen-bond donors (Lipinski definition) is 2. The quantitative estimate of drug-likeness (QED) is 0.839. The predicted molar refractivity (Wildman–Crippen MR) is 59.5 cm³/mol. The summed E-state index contributed by atoms with van der Waals surface area (Å²) in [7, 11) is -3.76. The van der Waals surface area contributed by atoms with Crippen molar-refractivity contribution < 1.29 is 23.4 Å². The minimum absolute atomic E-state index is 0.201. The minimum atomic E-state index is -3.76. The van der Waals surface area contributed by atoms with Crippen molar-refractivity contribution in [3.05, 3.63) is 24.3 Å². The topological polar surface area (TPSA) is 91.7 Å². The molecule has 0 radical (unpaired) electrons. The molecule has 0 saturated heterocycles. The van der Waals surface area contributed by atoms with Crippen LogP contribution in [0.2, 0.25) is 0 Å². The van der Waals surface area contributed by atoms with E-state index in [4.69, 9.17) is 5.11 Å². The van der Waals surface area contributed by atoms with Crippen molar-refractivity contribution in [2.45, 2.75) is 17.7 Å². The second kappa shape index (κ2) is 3.73. The molecule has 0 atom stereocenters. The summed E-state index contributed by atoms with van der Waals surface area (Å²) in [4.78, 5) is 10.7. The number of carboxylic acid groups (broad SMARTS) is 1. The lowest BCUT2D eigenvalue weighted by Crippen LogP contribution is -2.25. The van der Waals surface area contributed by atoms with Gasteiger partial charge in [0.1, 0.15) is 10.6 Å². The third-order valence-electron chi connectivity index (χ3n) is 2.97. The van der Waals surface area contributed by atoms with Gasteiger partial charge in [-0.05, 0) is 25.0 Å². The van der Waals surface area contributed by atoms with Crippen LogP contribution in [-0.2, 0) is 14.6 Å². The van der Waals surface area contributed by atoms with E-state index in [1.54, 1.807) is 0 Å². The standard InChI is InChI=1S/C11H12O5S/c12-8-3-1-2-4-9(8)17(15,16)7-11(5-6-11)10(13)14/h1-4,12H,5-7H2,(H,13,14). The highest BCUT2D eigenvalue weighted by Crippen LogP contribution is 2.48. The Labute approximate surface area is 98.6 Å². The number of rotatable bonds is 4. The first kappa shape index (κ1) is 11.9. The zero-order chi connectivity index (χ0) is 12.7. The molecule has 92 valence electrons. The van der Waals surface area contributed by atoms with Gasteiger partial charge in [0.2, 0.25) is 0 Å². The Kier molecular flexibility index (Phi) is 2.61. The van der Waals surface area contributed by atoms with Crippen molar-refractivity contribution in [1.82, 2.24) is 0 Å². The fourth-order valence-electron chi connectivity index (χ4n) is 1.73. The molecular weight excluding hydrogens is 244 g/mol. The summed E-state index contributed by atoms with van der Waals surface area (Å²) in [6.45, 7) is 0. The summed E-state index contributed by atoms with van der Waals surface area (Å²) >= 11 is 0. The lowest BCUT2D eigenvalue weighted by atomic mass is 10.1. The number of carbonyl (C=O) groups is 1. The second-order valence-electron chi connectivity index (χ2n) is 4.31. The van der Waals surface area contributed by atoms with Crippen LogP contribution in [0.1, 0.15) is 12.8 Å². The van der Waals surface area contributed by atoms with E-state index in [-0.39, 0.29) is 10.6 Å². The Morgan fingerprint density at radius 2 is 1.88 bits per heavy atom. The molecule has 0 unspecified atom stereocenters. The Bertz CT molecular complexity index is 557. The summed E-state index contributed by atoms with van der Waals surface area (Å²) < 4.78 is 24.0. The molecule has 0 amide bonds. The van der Waals surface area contributed by atoms with Crippen LogP contribution in [0.5, 0.6) is 5.75 Å². The largest absolute Gasteiger partial charge is 0.507 e. The number of aliphatic carboxylic acids is 1. The highest BCUT2D eigenvalue weighted by molar-refractivity contribution is 7.91. The van der Waals surface area contributed by atoms with Gasteiger partial charge in [-0.3, -0.25) is 4.79 Å². The van der Waals surface area contributed by atoms with Gasteiger partial charge < -0.3 is 10.2 Å². The van der Waals surface area contributed by atoms with Crippen molar-refractivity contribution in [3.63, 3.8) is 0 Å². The monoisotopic (exact) mass is 256 g/mol. The average molecular weight is 256 g/mol. The number of hydrogen-bond acceptors (Lipinski definition) is 4. The van der Waals surface area contributed by atoms with E-state index in [9.17, 15) is 18.3 Å². The molecule has 1 aromatic carbocycles. The van der Waals surface area contributed by atoms with Crippen LogP contribution in [0.4, 0.5) is 0 Å². The summed E-state index contributed by atoms with van der Waals surface area (Å²) in [6, 6.07) is 5.56. The van der Waals surface area contributed by atoms with Crippen LogP contribution in [0.3, 0.4) is 0 Å². The molecule has 5 nitrogen and oxygen atoms in total. The van der Waals surface area contributed by atoms with Crippen molar-refractivity contribution in [3.8, 4) is 5.75 Å². The van der Waals surface area contributed by atoms with Crippen molar-refractivity contribution in [2.75, 3.05) is 5.75 Å². The second-order valence-corrected chi connectivity index (χ2v) is 6.27. The van der Waals surface area contributed by atoms with E-state index in [0.717, 1.165) is 0 Å². The number of phenols is 1. The Balaban J connectivity index is 2.33. The highest BCUT2D eigenvalue weighted by Gasteiger charge is 2.53. The van der Waals surface area contributed by atoms with E-state index in [1.165, 1.54) is 24.3 Å². The van der Waals surface area contributed by atoms with Crippen LogP contribution in [0.15, 0.2) is 29.2 Å². The van der Waals surface area contributed by atoms with Gasteiger partial charge in [-0.25, -0.2) is 8.42 Å². The number of aromatic hydroxyl groups is 1. The Morgan fingerprint density at radius 3 is 2.35 bits per heavy atom. The molecule has 1 aliphatic carbocycles. The molecule has 1 fully saturated rings. The normalized spacial score (nSPS) is 17.6. The predicted octanol–water partition coefficient (Wildman–Crippen LogP) is 1.03. The van der Waals surface area contributed by atoms with Crippen molar-refractivity contribution in [2.24, 2.45) is 5.41 Å². The Morgan fingerprint density at radius 1 is 1.29 bits per heavy atom. The third kappa shape index (κ3) is 2.12. The first-order valence-corrected chi connectivity index (χ1v) is 6.77. The van der Waals surface area contributed by atoms with Crippen molar-refractivity contribution in [1.29, 1.82) is 0 Å². The smallest absolute Gasteiger partial charge is 0.310 e. The van der Waals surface area contributed by atoms with E-state index >= 15 is 0 Å². The molecule has 1 aliphatic rings. The van der Waals surface area contributed by atoms with E-state index in [2.05, 4.69) is 0 Å². The molecule has 2 N–H and O–H groups in total. The minimum Gasteiger partial charge on any atom is -0.507 e. The van der Waals surface area contributed by atoms with Gasteiger partial charge in [-0.15, -0.1) is 0 Å². The lowest BCUT2D eigenvalue weighted by Gasteiger charge is -2.11. The van der Waals surface area contributed by atoms with Gasteiger partial charge in [0.15, 0.2) is 9.84 Å². The van der Waals surface area contributed by atoms with Gasteiger partial charge in [0, 0.05) is 0 Å².